The minimum absolute atomic E-state index is 0.430. The molecule has 0 aliphatic heterocycles. The number of aromatic nitrogens is 1. The molecular formula is C13H16BrNO. The highest BCUT2D eigenvalue weighted by molar-refractivity contribution is 9.10. The fourth-order valence-corrected chi connectivity index (χ4v) is 2.51. The predicted octanol–water partition coefficient (Wildman–Crippen LogP) is 3.54. The molecule has 1 atom stereocenters. The summed E-state index contributed by atoms with van der Waals surface area (Å²) in [4.78, 5) is 15.9. The van der Waals surface area contributed by atoms with E-state index in [1.807, 2.05) is 18.3 Å². The lowest BCUT2D eigenvalue weighted by Crippen LogP contribution is -2.09. The van der Waals surface area contributed by atoms with Crippen LogP contribution in [0, 0.1) is 5.92 Å². The second-order valence-corrected chi connectivity index (χ2v) is 5.44. The highest BCUT2D eigenvalue weighted by Gasteiger charge is 2.18. The molecule has 0 N–H and O–H groups in total. The molecule has 86 valence electrons. The van der Waals surface area contributed by atoms with Crippen LogP contribution >= 0.6 is 15.9 Å². The summed E-state index contributed by atoms with van der Waals surface area (Å²) in [6.07, 6.45) is 7.73. The van der Waals surface area contributed by atoms with E-state index in [4.69, 9.17) is 0 Å². The van der Waals surface area contributed by atoms with Crippen molar-refractivity contribution in [3.63, 3.8) is 0 Å². The third kappa shape index (κ3) is 3.41. The SMILES string of the molecule is O=C1CCCCC(Cc2ccc(Br)cn2)C1. The van der Waals surface area contributed by atoms with E-state index in [1.165, 1.54) is 12.8 Å². The van der Waals surface area contributed by atoms with Gasteiger partial charge < -0.3 is 0 Å². The standard InChI is InChI=1S/C13H16BrNO/c14-11-5-6-12(15-9-11)7-10-3-1-2-4-13(16)8-10/h5-6,9-10H,1-4,7-8H2. The van der Waals surface area contributed by atoms with E-state index in [0.29, 0.717) is 11.7 Å². The summed E-state index contributed by atoms with van der Waals surface area (Å²) in [5, 5.41) is 0. The van der Waals surface area contributed by atoms with Gasteiger partial charge in [-0.1, -0.05) is 6.42 Å². The molecule has 1 aromatic rings. The Morgan fingerprint density at radius 2 is 2.25 bits per heavy atom. The van der Waals surface area contributed by atoms with Crippen LogP contribution in [0.3, 0.4) is 0 Å². The lowest BCUT2D eigenvalue weighted by atomic mass is 9.94. The Morgan fingerprint density at radius 3 is 3.00 bits per heavy atom. The molecule has 2 nitrogen and oxygen atoms in total. The Hall–Kier alpha value is -0.700. The Morgan fingerprint density at radius 1 is 1.38 bits per heavy atom. The molecule has 1 saturated carbocycles. The molecular weight excluding hydrogens is 266 g/mol. The summed E-state index contributed by atoms with van der Waals surface area (Å²) in [6, 6.07) is 4.06. The van der Waals surface area contributed by atoms with Crippen LogP contribution in [0.2, 0.25) is 0 Å². The van der Waals surface area contributed by atoms with E-state index >= 15 is 0 Å². The summed E-state index contributed by atoms with van der Waals surface area (Å²) >= 11 is 3.38. The first-order valence-corrected chi connectivity index (χ1v) is 6.65. The molecule has 1 unspecified atom stereocenters. The zero-order valence-corrected chi connectivity index (χ0v) is 10.9. The summed E-state index contributed by atoms with van der Waals surface area (Å²) in [7, 11) is 0. The van der Waals surface area contributed by atoms with E-state index in [1.54, 1.807) is 0 Å². The number of rotatable bonds is 2. The van der Waals surface area contributed by atoms with Crippen LogP contribution in [-0.2, 0) is 11.2 Å². The van der Waals surface area contributed by atoms with Crippen molar-refractivity contribution in [1.82, 2.24) is 4.98 Å². The molecule has 0 radical (unpaired) electrons. The van der Waals surface area contributed by atoms with E-state index in [0.717, 1.165) is 35.8 Å². The van der Waals surface area contributed by atoms with Crippen LogP contribution in [0.25, 0.3) is 0 Å². The maximum Gasteiger partial charge on any atom is 0.133 e. The molecule has 1 heterocycles. The van der Waals surface area contributed by atoms with Gasteiger partial charge in [-0.15, -0.1) is 0 Å². The lowest BCUT2D eigenvalue weighted by Gasteiger charge is -2.12. The Labute approximate surface area is 105 Å². The second kappa shape index (κ2) is 5.58. The van der Waals surface area contributed by atoms with Crippen molar-refractivity contribution in [3.8, 4) is 0 Å². The van der Waals surface area contributed by atoms with Crippen molar-refractivity contribution in [3.05, 3.63) is 28.5 Å². The van der Waals surface area contributed by atoms with Crippen LogP contribution < -0.4 is 0 Å². The van der Waals surface area contributed by atoms with Crippen molar-refractivity contribution in [2.75, 3.05) is 0 Å². The van der Waals surface area contributed by atoms with Gasteiger partial charge in [0.15, 0.2) is 0 Å². The van der Waals surface area contributed by atoms with Gasteiger partial charge in [-0.3, -0.25) is 9.78 Å². The summed E-state index contributed by atoms with van der Waals surface area (Å²) in [5.41, 5.74) is 1.10. The number of ketones is 1. The predicted molar refractivity (Wildman–Crippen MR) is 67.2 cm³/mol. The largest absolute Gasteiger partial charge is 0.300 e. The molecule has 16 heavy (non-hydrogen) atoms. The molecule has 0 saturated heterocycles. The molecule has 0 amide bonds. The third-order valence-electron chi connectivity index (χ3n) is 3.12. The van der Waals surface area contributed by atoms with Gasteiger partial charge >= 0.3 is 0 Å². The van der Waals surface area contributed by atoms with Gasteiger partial charge in [0, 0.05) is 29.2 Å². The van der Waals surface area contributed by atoms with E-state index in [2.05, 4.69) is 20.9 Å². The molecule has 2 rings (SSSR count). The number of pyridine rings is 1. The van der Waals surface area contributed by atoms with E-state index < -0.39 is 0 Å². The van der Waals surface area contributed by atoms with Gasteiger partial charge in [-0.25, -0.2) is 0 Å². The monoisotopic (exact) mass is 281 g/mol. The number of halogens is 1. The minimum atomic E-state index is 0.430. The van der Waals surface area contributed by atoms with Crippen molar-refractivity contribution in [2.24, 2.45) is 5.92 Å². The van der Waals surface area contributed by atoms with Crippen LogP contribution in [-0.4, -0.2) is 10.8 Å². The summed E-state index contributed by atoms with van der Waals surface area (Å²) in [5.74, 6) is 0.934. The van der Waals surface area contributed by atoms with Gasteiger partial charge in [0.1, 0.15) is 5.78 Å². The normalized spacial score (nSPS) is 21.8. The van der Waals surface area contributed by atoms with Gasteiger partial charge in [0.25, 0.3) is 0 Å². The maximum absolute atomic E-state index is 11.5. The zero-order chi connectivity index (χ0) is 11.4. The summed E-state index contributed by atoms with van der Waals surface area (Å²) in [6.45, 7) is 0. The number of Topliss-reactive ketones (excluding diaryl/α,β-unsaturated/α-hetero) is 1. The highest BCUT2D eigenvalue weighted by Crippen LogP contribution is 2.24. The van der Waals surface area contributed by atoms with Gasteiger partial charge in [-0.05, 0) is 53.2 Å². The van der Waals surface area contributed by atoms with Gasteiger partial charge in [-0.2, -0.15) is 0 Å². The lowest BCUT2D eigenvalue weighted by molar-refractivity contribution is -0.119. The van der Waals surface area contributed by atoms with Crippen LogP contribution in [0.5, 0.6) is 0 Å². The molecule has 3 heteroatoms. The molecule has 0 bridgehead atoms. The molecule has 1 aliphatic rings. The molecule has 1 fully saturated rings. The van der Waals surface area contributed by atoms with Crippen molar-refractivity contribution in [1.29, 1.82) is 0 Å². The number of hydrogen-bond acceptors (Lipinski definition) is 2. The average Bonchev–Trinajstić information content (AvgIpc) is 2.46. The van der Waals surface area contributed by atoms with Crippen LogP contribution in [0.15, 0.2) is 22.8 Å². The molecule has 0 spiro atoms. The summed E-state index contributed by atoms with van der Waals surface area (Å²) < 4.78 is 1.01. The quantitative estimate of drug-likeness (QED) is 0.777. The first-order valence-electron chi connectivity index (χ1n) is 5.86. The number of carbonyl (C=O) groups excluding carboxylic acids is 1. The molecule has 0 aromatic carbocycles. The minimum Gasteiger partial charge on any atom is -0.300 e. The third-order valence-corrected chi connectivity index (χ3v) is 3.59. The highest BCUT2D eigenvalue weighted by atomic mass is 79.9. The van der Waals surface area contributed by atoms with Gasteiger partial charge in [0.2, 0.25) is 0 Å². The topological polar surface area (TPSA) is 30.0 Å². The Balaban J connectivity index is 1.97. The first-order chi connectivity index (χ1) is 7.74. The fraction of sp³-hybridized carbons (Fsp3) is 0.538. The smallest absolute Gasteiger partial charge is 0.133 e. The van der Waals surface area contributed by atoms with Crippen LogP contribution in [0.1, 0.15) is 37.8 Å². The second-order valence-electron chi connectivity index (χ2n) is 4.53. The zero-order valence-electron chi connectivity index (χ0n) is 9.29. The Bertz CT molecular complexity index is 361. The first kappa shape index (κ1) is 11.8. The maximum atomic E-state index is 11.5. The van der Waals surface area contributed by atoms with Crippen molar-refractivity contribution < 1.29 is 4.79 Å². The molecule has 1 aliphatic carbocycles. The fourth-order valence-electron chi connectivity index (χ4n) is 2.28. The Kier molecular flexibility index (Phi) is 4.10. The van der Waals surface area contributed by atoms with E-state index in [-0.39, 0.29) is 0 Å². The number of carbonyl (C=O) groups is 1. The number of hydrogen-bond donors (Lipinski definition) is 0. The van der Waals surface area contributed by atoms with Crippen molar-refractivity contribution >= 4 is 21.7 Å². The number of nitrogens with zero attached hydrogens (tertiary/aromatic N) is 1. The molecule has 1 aromatic heterocycles. The van der Waals surface area contributed by atoms with Crippen molar-refractivity contribution in [2.45, 2.75) is 38.5 Å². The van der Waals surface area contributed by atoms with Gasteiger partial charge in [0.05, 0.1) is 0 Å². The van der Waals surface area contributed by atoms with E-state index in [9.17, 15) is 4.79 Å². The van der Waals surface area contributed by atoms with Crippen LogP contribution in [0.4, 0.5) is 0 Å². The average molecular weight is 282 g/mol.